The molecule has 2 aromatic rings. The van der Waals surface area contributed by atoms with Gasteiger partial charge in [0, 0.05) is 49.9 Å². The van der Waals surface area contributed by atoms with Gasteiger partial charge in [0.2, 0.25) is 5.91 Å². The van der Waals surface area contributed by atoms with E-state index in [2.05, 4.69) is 45.9 Å². The predicted octanol–water partition coefficient (Wildman–Crippen LogP) is 6.42. The number of benzene rings is 1. The molecule has 5 rings (SSSR count). The number of fused-ring (bicyclic) bond motifs is 1. The molecule has 0 radical (unpaired) electrons. The minimum Gasteiger partial charge on any atom is -0.385 e. The molecule has 2 amide bonds. The van der Waals surface area contributed by atoms with Crippen molar-refractivity contribution in [3.05, 3.63) is 63.6 Å². The van der Waals surface area contributed by atoms with E-state index in [1.165, 1.54) is 36.5 Å². The molecule has 45 heavy (non-hydrogen) atoms. The number of morpholine rings is 1. The minimum atomic E-state index is -1.29. The monoisotopic (exact) mass is 722 g/mol. The van der Waals surface area contributed by atoms with E-state index >= 15 is 8.78 Å². The first-order valence-corrected chi connectivity index (χ1v) is 20.1. The summed E-state index contributed by atoms with van der Waals surface area (Å²) in [6, 6.07) is 8.41. The second-order valence-corrected chi connectivity index (χ2v) is 20.5. The molecule has 2 aliphatic heterocycles. The zero-order valence-corrected chi connectivity index (χ0v) is 29.1. The number of amides is 2. The van der Waals surface area contributed by atoms with Crippen LogP contribution >= 0.6 is 27.7 Å². The van der Waals surface area contributed by atoms with Crippen LogP contribution in [0.15, 0.2) is 46.0 Å². The number of alkyl carbamates (subject to hydrolysis) is 1. The molecule has 3 atom stereocenters. The molecular weight excluding hydrogens is 686 g/mol. The van der Waals surface area contributed by atoms with E-state index in [4.69, 9.17) is 19.2 Å². The first kappa shape index (κ1) is 33.7. The highest BCUT2D eigenvalue weighted by molar-refractivity contribution is 9.10. The second-order valence-electron chi connectivity index (χ2n) is 12.7. The van der Waals surface area contributed by atoms with Crippen LogP contribution in [0.25, 0.3) is 11.9 Å². The van der Waals surface area contributed by atoms with Crippen molar-refractivity contribution < 1.29 is 32.6 Å². The fourth-order valence-corrected chi connectivity index (χ4v) is 7.99. The highest BCUT2D eigenvalue weighted by Gasteiger charge is 2.72. The summed E-state index contributed by atoms with van der Waals surface area (Å²) in [5.74, 6) is -1.67. The van der Waals surface area contributed by atoms with Gasteiger partial charge in [0.05, 0.1) is 24.4 Å². The van der Waals surface area contributed by atoms with Crippen molar-refractivity contribution in [1.82, 2.24) is 15.2 Å². The summed E-state index contributed by atoms with van der Waals surface area (Å²) >= 11 is 4.38. The van der Waals surface area contributed by atoms with Crippen LogP contribution in [0.4, 0.5) is 13.6 Å². The molecule has 9 nitrogen and oxygen atoms in total. The first-order chi connectivity index (χ1) is 21.3. The third-order valence-electron chi connectivity index (χ3n) is 8.14. The molecule has 14 heteroatoms. The van der Waals surface area contributed by atoms with E-state index in [1.54, 1.807) is 17.9 Å². The van der Waals surface area contributed by atoms with Gasteiger partial charge in [0.25, 0.3) is 5.23 Å². The van der Waals surface area contributed by atoms with Crippen LogP contribution in [0, 0.1) is 11.7 Å². The molecule has 2 fully saturated rings. The Morgan fingerprint density at radius 3 is 2.69 bits per heavy atom. The van der Waals surface area contributed by atoms with Crippen LogP contribution in [0.5, 0.6) is 0 Å². The number of aromatic nitrogens is 1. The SMILES string of the molecule is C[C@]1(c2cc(/C=C(\F)c3ccc(Br)cn3)ccc2F)N=C(OC(=O)NCOCC[Si](C)(C)C)S[C@@]2(C(=O)N3CCOCC3)C[C@H]21. The summed E-state index contributed by atoms with van der Waals surface area (Å²) in [5.41, 5.74) is -0.585. The number of carbonyl (C=O) groups excluding carboxylic acids is 2. The highest BCUT2D eigenvalue weighted by Crippen LogP contribution is 2.67. The highest BCUT2D eigenvalue weighted by atomic mass is 79.9. The Balaban J connectivity index is 1.42. The lowest BCUT2D eigenvalue weighted by Gasteiger charge is -2.37. The van der Waals surface area contributed by atoms with Gasteiger partial charge in [-0.3, -0.25) is 15.1 Å². The number of nitrogens with one attached hydrogen (secondary N) is 1. The number of nitrogens with zero attached hydrogens (tertiary/aromatic N) is 3. The Morgan fingerprint density at radius 2 is 2.00 bits per heavy atom. The summed E-state index contributed by atoms with van der Waals surface area (Å²) < 4.78 is 47.1. The summed E-state index contributed by atoms with van der Waals surface area (Å²) in [4.78, 5) is 37.3. The number of pyridine rings is 1. The zero-order valence-electron chi connectivity index (χ0n) is 25.7. The van der Waals surface area contributed by atoms with Crippen molar-refractivity contribution >= 4 is 64.9 Å². The Labute approximate surface area is 275 Å². The summed E-state index contributed by atoms with van der Waals surface area (Å²) in [7, 11) is -1.29. The van der Waals surface area contributed by atoms with Crippen molar-refractivity contribution in [3.8, 4) is 0 Å². The number of carbonyl (C=O) groups is 2. The summed E-state index contributed by atoms with van der Waals surface area (Å²) in [6.07, 6.45) is 2.38. The fraction of sp³-hybridized carbons (Fsp3) is 0.484. The number of rotatable bonds is 9. The van der Waals surface area contributed by atoms with Crippen molar-refractivity contribution in [2.75, 3.05) is 39.6 Å². The third-order valence-corrected chi connectivity index (χ3v) is 11.7. The van der Waals surface area contributed by atoms with Gasteiger partial charge >= 0.3 is 6.09 Å². The fourth-order valence-electron chi connectivity index (χ4n) is 5.50. The Bertz CT molecular complexity index is 1500. The molecule has 0 bridgehead atoms. The quantitative estimate of drug-likeness (QED) is 0.181. The van der Waals surface area contributed by atoms with Gasteiger partial charge in [-0.05, 0) is 83.0 Å². The van der Waals surface area contributed by atoms with Gasteiger partial charge < -0.3 is 19.1 Å². The second kappa shape index (κ2) is 13.6. The van der Waals surface area contributed by atoms with Crippen molar-refractivity contribution in [2.45, 2.75) is 49.3 Å². The third kappa shape index (κ3) is 7.84. The molecule has 1 saturated heterocycles. The summed E-state index contributed by atoms with van der Waals surface area (Å²) in [6.45, 7) is 10.6. The molecule has 1 N–H and O–H groups in total. The van der Waals surface area contributed by atoms with Gasteiger partial charge in [0.15, 0.2) is 0 Å². The zero-order chi connectivity index (χ0) is 32.4. The van der Waals surface area contributed by atoms with Crippen LogP contribution < -0.4 is 5.32 Å². The van der Waals surface area contributed by atoms with Crippen LogP contribution in [0.3, 0.4) is 0 Å². The molecule has 1 aliphatic carbocycles. The Hall–Kier alpha value is -2.65. The maximum absolute atomic E-state index is 15.6. The van der Waals surface area contributed by atoms with E-state index in [1.807, 2.05) is 0 Å². The number of ether oxygens (including phenoxy) is 3. The van der Waals surface area contributed by atoms with E-state index in [9.17, 15) is 9.59 Å². The Kier molecular flexibility index (Phi) is 10.2. The molecule has 1 saturated carbocycles. The normalized spacial score (nSPS) is 24.9. The number of aliphatic imine (C=N–C) groups is 1. The molecule has 3 heterocycles. The maximum atomic E-state index is 15.6. The molecular formula is C31H37BrF2N4O5SSi. The van der Waals surface area contributed by atoms with Crippen LogP contribution in [-0.4, -0.2) is 79.6 Å². The molecule has 1 aromatic carbocycles. The molecule has 3 aliphatic rings. The van der Waals surface area contributed by atoms with Crippen molar-refractivity contribution in [1.29, 1.82) is 0 Å². The lowest BCUT2D eigenvalue weighted by molar-refractivity contribution is -0.136. The van der Waals surface area contributed by atoms with E-state index < -0.39 is 42.0 Å². The van der Waals surface area contributed by atoms with Gasteiger partial charge in [-0.25, -0.2) is 18.6 Å². The van der Waals surface area contributed by atoms with Crippen LogP contribution in [0.1, 0.15) is 30.2 Å². The molecule has 0 spiro atoms. The van der Waals surface area contributed by atoms with E-state index in [0.29, 0.717) is 49.4 Å². The predicted molar refractivity (Wildman–Crippen MR) is 177 cm³/mol. The van der Waals surface area contributed by atoms with Gasteiger partial charge in [-0.1, -0.05) is 25.7 Å². The Morgan fingerprint density at radius 1 is 1.24 bits per heavy atom. The number of halogens is 3. The van der Waals surface area contributed by atoms with Gasteiger partial charge in [-0.15, -0.1) is 0 Å². The largest absolute Gasteiger partial charge is 0.416 e. The number of hydrogen-bond donors (Lipinski definition) is 1. The van der Waals surface area contributed by atoms with Crippen molar-refractivity contribution in [2.24, 2.45) is 10.9 Å². The maximum Gasteiger partial charge on any atom is 0.416 e. The van der Waals surface area contributed by atoms with Crippen LogP contribution in [-0.2, 0) is 24.5 Å². The van der Waals surface area contributed by atoms with Gasteiger partial charge in [-0.2, -0.15) is 0 Å². The number of thioether (sulfide) groups is 1. The van der Waals surface area contributed by atoms with Crippen molar-refractivity contribution in [3.63, 3.8) is 0 Å². The average Bonchev–Trinajstić information content (AvgIpc) is 3.74. The molecule has 0 unspecified atom stereocenters. The molecule has 242 valence electrons. The lowest BCUT2D eigenvalue weighted by atomic mass is 9.84. The topological polar surface area (TPSA) is 102 Å². The number of hydrogen-bond acceptors (Lipinski definition) is 8. The molecule has 1 aromatic heterocycles. The van der Waals surface area contributed by atoms with Crippen LogP contribution in [0.2, 0.25) is 25.7 Å². The lowest BCUT2D eigenvalue weighted by Crippen LogP contribution is -2.49. The van der Waals surface area contributed by atoms with E-state index in [0.717, 1.165) is 17.8 Å². The smallest absolute Gasteiger partial charge is 0.385 e. The standard InChI is InChI=1S/C31H37BrF2N4O5SSi/c1-30(22-15-20(5-7-23(22)33)16-24(34)25-8-6-21(32)18-35-25)26-17-31(26,27(39)38-9-11-41-12-10-38)44-29(37-30)43-28(40)36-19-42-13-14-45(2,3)4/h5-8,15-16,18,26H,9-14,17,19H2,1-4H3,(H,36,40)/b24-16-/t26-,30+,31-/m0/s1. The first-order valence-electron chi connectivity index (χ1n) is 14.8. The summed E-state index contributed by atoms with van der Waals surface area (Å²) in [5, 5.41) is 2.53. The average molecular weight is 724 g/mol. The minimum absolute atomic E-state index is 0.0409. The van der Waals surface area contributed by atoms with Gasteiger partial charge in [0.1, 0.15) is 23.1 Å². The van der Waals surface area contributed by atoms with E-state index in [-0.39, 0.29) is 29.1 Å².